The fourth-order valence-corrected chi connectivity index (χ4v) is 3.85. The van der Waals surface area contributed by atoms with Crippen molar-refractivity contribution in [1.82, 2.24) is 9.88 Å². The summed E-state index contributed by atoms with van der Waals surface area (Å²) in [6, 6.07) is 8.67. The maximum absolute atomic E-state index is 12.9. The van der Waals surface area contributed by atoms with Crippen LogP contribution in [0.25, 0.3) is 0 Å². The van der Waals surface area contributed by atoms with Crippen LogP contribution in [0.2, 0.25) is 5.02 Å². The summed E-state index contributed by atoms with van der Waals surface area (Å²) in [4.78, 5) is 22.5. The number of amides is 1. The molecule has 1 aliphatic heterocycles. The molecule has 1 aliphatic rings. The van der Waals surface area contributed by atoms with Gasteiger partial charge in [-0.05, 0) is 31.5 Å². The number of carbonyl (C=O) groups is 1. The summed E-state index contributed by atoms with van der Waals surface area (Å²) in [5.74, 6) is 0.358. The van der Waals surface area contributed by atoms with Gasteiger partial charge in [0.1, 0.15) is 5.82 Å². The molecule has 0 unspecified atom stereocenters. The van der Waals surface area contributed by atoms with Gasteiger partial charge in [-0.2, -0.15) is 13.2 Å². The molecule has 162 valence electrons. The molecule has 30 heavy (non-hydrogen) atoms. The largest absolute Gasteiger partial charge is 0.417 e. The van der Waals surface area contributed by atoms with Gasteiger partial charge < -0.3 is 9.80 Å². The first-order chi connectivity index (χ1) is 14.2. The summed E-state index contributed by atoms with van der Waals surface area (Å²) in [5, 5.41) is -0.0222. The molecule has 5 nitrogen and oxygen atoms in total. The molecule has 1 saturated heterocycles. The van der Waals surface area contributed by atoms with Crippen molar-refractivity contribution in [2.24, 2.45) is 0 Å². The van der Waals surface area contributed by atoms with Crippen LogP contribution in [0.3, 0.4) is 0 Å². The highest BCUT2D eigenvalue weighted by atomic mass is 35.5. The number of piperazine rings is 1. The molecule has 2 heterocycles. The summed E-state index contributed by atoms with van der Waals surface area (Å²) in [6.45, 7) is 7.03. The summed E-state index contributed by atoms with van der Waals surface area (Å²) >= 11 is 6.05. The van der Waals surface area contributed by atoms with Gasteiger partial charge in [0, 0.05) is 44.6 Å². The summed E-state index contributed by atoms with van der Waals surface area (Å²) in [5.41, 5.74) is 1.08. The van der Waals surface area contributed by atoms with Gasteiger partial charge in [-0.1, -0.05) is 29.8 Å². The molecule has 9 heteroatoms. The molecule has 0 N–H and O–H groups in total. The van der Waals surface area contributed by atoms with Crippen LogP contribution >= 0.6 is 11.6 Å². The fraction of sp³-hybridized carbons (Fsp3) is 0.429. The Hall–Kier alpha value is -2.32. The lowest BCUT2D eigenvalue weighted by Crippen LogP contribution is -2.50. The predicted octanol–water partition coefficient (Wildman–Crippen LogP) is 4.24. The lowest BCUT2D eigenvalue weighted by Gasteiger charge is -2.36. The van der Waals surface area contributed by atoms with Crippen LogP contribution in [0.1, 0.15) is 18.1 Å². The zero-order valence-electron chi connectivity index (χ0n) is 16.9. The van der Waals surface area contributed by atoms with Gasteiger partial charge in [0.2, 0.25) is 5.91 Å². The number of pyridine rings is 1. The van der Waals surface area contributed by atoms with Gasteiger partial charge in [-0.25, -0.2) is 4.98 Å². The van der Waals surface area contributed by atoms with Gasteiger partial charge in [-0.15, -0.1) is 0 Å². The predicted molar refractivity (Wildman–Crippen MR) is 112 cm³/mol. The Kier molecular flexibility index (Phi) is 6.88. The Balaban J connectivity index is 1.60. The third-order valence-electron chi connectivity index (χ3n) is 5.20. The second-order valence-corrected chi connectivity index (χ2v) is 7.62. The summed E-state index contributed by atoms with van der Waals surface area (Å²) in [7, 11) is 0. The molecule has 1 fully saturated rings. The molecule has 1 amide bonds. The van der Waals surface area contributed by atoms with E-state index in [0.29, 0.717) is 38.5 Å². The van der Waals surface area contributed by atoms with E-state index in [2.05, 4.69) is 4.98 Å². The number of alkyl halides is 3. The van der Waals surface area contributed by atoms with E-state index in [9.17, 15) is 18.0 Å². The second kappa shape index (κ2) is 9.22. The van der Waals surface area contributed by atoms with Crippen LogP contribution in [-0.2, 0) is 11.0 Å². The first-order valence-electron chi connectivity index (χ1n) is 9.76. The monoisotopic (exact) mass is 440 g/mol. The van der Waals surface area contributed by atoms with E-state index in [0.717, 1.165) is 23.5 Å². The molecule has 0 atom stereocenters. The molecule has 2 aromatic rings. The number of hydrogen-bond donors (Lipinski definition) is 0. The normalized spacial score (nSPS) is 15.3. The van der Waals surface area contributed by atoms with Gasteiger partial charge >= 0.3 is 6.18 Å². The zero-order chi connectivity index (χ0) is 21.9. The van der Waals surface area contributed by atoms with Gasteiger partial charge in [0.15, 0.2) is 0 Å². The number of rotatable bonds is 5. The maximum Gasteiger partial charge on any atom is 0.417 e. The standard InChI is InChI=1S/C21H24ClF3N4O/c1-3-29(18-7-5-4-6-15(18)2)19(30)14-27-8-10-28(11-9-27)20-17(22)12-16(13-26-20)21(23,24)25/h4-7,12-13H,3,8-11,14H2,1-2H3. The summed E-state index contributed by atoms with van der Waals surface area (Å²) in [6.07, 6.45) is -3.67. The van der Waals surface area contributed by atoms with Gasteiger partial charge in [0.25, 0.3) is 0 Å². The first kappa shape index (κ1) is 22.4. The molecule has 0 aliphatic carbocycles. The Morgan fingerprint density at radius 1 is 1.20 bits per heavy atom. The Bertz CT molecular complexity index is 898. The minimum absolute atomic E-state index is 0.0194. The minimum Gasteiger partial charge on any atom is -0.353 e. The Morgan fingerprint density at radius 2 is 1.87 bits per heavy atom. The van der Waals surface area contributed by atoms with Gasteiger partial charge in [0.05, 0.1) is 17.1 Å². The molecular formula is C21H24ClF3N4O. The van der Waals surface area contributed by atoms with E-state index in [4.69, 9.17) is 11.6 Å². The number of halogens is 4. The fourth-order valence-electron chi connectivity index (χ4n) is 3.56. The highest BCUT2D eigenvalue weighted by molar-refractivity contribution is 6.33. The van der Waals surface area contributed by atoms with Crippen LogP contribution in [0, 0.1) is 6.92 Å². The quantitative estimate of drug-likeness (QED) is 0.697. The zero-order valence-corrected chi connectivity index (χ0v) is 17.7. The average Bonchev–Trinajstić information content (AvgIpc) is 2.70. The van der Waals surface area contributed by atoms with Crippen LogP contribution in [0.15, 0.2) is 36.5 Å². The van der Waals surface area contributed by atoms with Crippen LogP contribution < -0.4 is 9.80 Å². The Labute approximate surface area is 179 Å². The van der Waals surface area contributed by atoms with E-state index in [1.54, 1.807) is 4.90 Å². The number of benzene rings is 1. The molecule has 0 saturated carbocycles. The minimum atomic E-state index is -4.48. The van der Waals surface area contributed by atoms with E-state index < -0.39 is 11.7 Å². The topological polar surface area (TPSA) is 39.7 Å². The number of para-hydroxylation sites is 1. The van der Waals surface area contributed by atoms with Gasteiger partial charge in [-0.3, -0.25) is 9.69 Å². The number of anilines is 2. The van der Waals surface area contributed by atoms with Crippen molar-refractivity contribution in [3.63, 3.8) is 0 Å². The number of aryl methyl sites for hydroxylation is 1. The third kappa shape index (κ3) is 5.05. The smallest absolute Gasteiger partial charge is 0.353 e. The molecule has 1 aromatic heterocycles. The lowest BCUT2D eigenvalue weighted by atomic mass is 10.1. The van der Waals surface area contributed by atoms with E-state index in [1.807, 2.05) is 47.9 Å². The van der Waals surface area contributed by atoms with Crippen LogP contribution in [0.5, 0.6) is 0 Å². The molecule has 0 radical (unpaired) electrons. The van der Waals surface area contributed by atoms with Crippen molar-refractivity contribution >= 4 is 29.0 Å². The second-order valence-electron chi connectivity index (χ2n) is 7.21. The molecule has 0 bridgehead atoms. The molecule has 3 rings (SSSR count). The van der Waals surface area contributed by atoms with E-state index in [1.165, 1.54) is 0 Å². The van der Waals surface area contributed by atoms with Crippen molar-refractivity contribution in [2.45, 2.75) is 20.0 Å². The van der Waals surface area contributed by atoms with Crippen molar-refractivity contribution < 1.29 is 18.0 Å². The van der Waals surface area contributed by atoms with Crippen molar-refractivity contribution in [3.05, 3.63) is 52.7 Å². The Morgan fingerprint density at radius 3 is 2.43 bits per heavy atom. The average molecular weight is 441 g/mol. The maximum atomic E-state index is 12.9. The summed E-state index contributed by atoms with van der Waals surface area (Å²) < 4.78 is 38.4. The van der Waals surface area contributed by atoms with Crippen molar-refractivity contribution in [3.8, 4) is 0 Å². The molecular weight excluding hydrogens is 417 g/mol. The van der Waals surface area contributed by atoms with E-state index >= 15 is 0 Å². The first-order valence-corrected chi connectivity index (χ1v) is 10.1. The van der Waals surface area contributed by atoms with Crippen LogP contribution in [-0.4, -0.2) is 55.1 Å². The van der Waals surface area contributed by atoms with Crippen molar-refractivity contribution in [2.75, 3.05) is 49.1 Å². The highest BCUT2D eigenvalue weighted by Crippen LogP contribution is 2.33. The van der Waals surface area contributed by atoms with Crippen LogP contribution in [0.4, 0.5) is 24.7 Å². The number of aromatic nitrogens is 1. The highest BCUT2D eigenvalue weighted by Gasteiger charge is 2.32. The molecule has 1 aromatic carbocycles. The van der Waals surface area contributed by atoms with E-state index in [-0.39, 0.29) is 17.5 Å². The number of carbonyl (C=O) groups excluding carboxylic acids is 1. The number of likely N-dealkylation sites (N-methyl/N-ethyl adjacent to an activating group) is 1. The third-order valence-corrected chi connectivity index (χ3v) is 5.48. The number of nitrogens with zero attached hydrogens (tertiary/aromatic N) is 4. The van der Waals surface area contributed by atoms with Crippen molar-refractivity contribution in [1.29, 1.82) is 0 Å². The molecule has 0 spiro atoms. The number of hydrogen-bond acceptors (Lipinski definition) is 4. The lowest BCUT2D eigenvalue weighted by molar-refractivity contribution is -0.137. The SMILES string of the molecule is CCN(C(=O)CN1CCN(c2ncc(C(F)(F)F)cc2Cl)CC1)c1ccccc1C.